The zero-order chi connectivity index (χ0) is 13.1. The third-order valence-electron chi connectivity index (χ3n) is 2.51. The van der Waals surface area contributed by atoms with Gasteiger partial charge in [0, 0.05) is 12.6 Å². The van der Waals surface area contributed by atoms with Crippen LogP contribution in [0.5, 0.6) is 5.75 Å². The van der Waals surface area contributed by atoms with Gasteiger partial charge in [0.05, 0.1) is 5.02 Å². The van der Waals surface area contributed by atoms with Crippen molar-refractivity contribution in [1.29, 1.82) is 0 Å². The highest BCUT2D eigenvalue weighted by Crippen LogP contribution is 2.22. The minimum absolute atomic E-state index is 0.0309. The first kappa shape index (κ1) is 13.2. The number of hydrogen-bond acceptors (Lipinski definition) is 3. The van der Waals surface area contributed by atoms with Crippen molar-refractivity contribution in [3.63, 3.8) is 0 Å². The van der Waals surface area contributed by atoms with Crippen LogP contribution in [0.25, 0.3) is 0 Å². The summed E-state index contributed by atoms with van der Waals surface area (Å²) < 4.78 is 18.5. The van der Waals surface area contributed by atoms with Gasteiger partial charge < -0.3 is 9.64 Å². The first-order chi connectivity index (χ1) is 8.61. The first-order valence-corrected chi connectivity index (χ1v) is 6.19. The number of benzene rings is 1. The van der Waals surface area contributed by atoms with E-state index in [1.807, 2.05) is 11.8 Å². The molecule has 1 aliphatic heterocycles. The molecule has 0 aliphatic carbocycles. The Morgan fingerprint density at radius 3 is 3.00 bits per heavy atom. The quantitative estimate of drug-likeness (QED) is 0.798. The summed E-state index contributed by atoms with van der Waals surface area (Å²) in [6, 6.07) is 4.20. The molecule has 2 rings (SSSR count). The molecule has 1 aromatic carbocycles. The summed E-state index contributed by atoms with van der Waals surface area (Å²) in [4.78, 5) is 1.85. The van der Waals surface area contributed by atoms with Crippen LogP contribution in [0.1, 0.15) is 6.92 Å². The predicted octanol–water partition coefficient (Wildman–Crippen LogP) is 3.26. The van der Waals surface area contributed by atoms with Crippen molar-refractivity contribution in [3.05, 3.63) is 29.0 Å². The van der Waals surface area contributed by atoms with Gasteiger partial charge >= 0.3 is 0 Å². The summed E-state index contributed by atoms with van der Waals surface area (Å²) in [5, 5.41) is 8.32. The monoisotopic (exact) mass is 287 g/mol. The van der Waals surface area contributed by atoms with Gasteiger partial charge in [0.15, 0.2) is 6.17 Å². The summed E-state index contributed by atoms with van der Waals surface area (Å²) in [6.45, 7) is 2.97. The first-order valence-electron chi connectivity index (χ1n) is 5.41. The van der Waals surface area contributed by atoms with Crippen molar-refractivity contribution in [2.24, 2.45) is 10.2 Å². The van der Waals surface area contributed by atoms with Gasteiger partial charge in [0.2, 0.25) is 5.11 Å². The van der Waals surface area contributed by atoms with Crippen LogP contribution in [0, 0.1) is 5.82 Å². The van der Waals surface area contributed by atoms with E-state index >= 15 is 0 Å². The van der Waals surface area contributed by atoms with Gasteiger partial charge in [-0.15, -0.1) is 5.11 Å². The number of halogens is 2. The molecule has 1 unspecified atom stereocenters. The second kappa shape index (κ2) is 5.58. The van der Waals surface area contributed by atoms with E-state index in [1.165, 1.54) is 18.2 Å². The third kappa shape index (κ3) is 2.76. The van der Waals surface area contributed by atoms with E-state index in [2.05, 4.69) is 10.2 Å². The Morgan fingerprint density at radius 1 is 1.56 bits per heavy atom. The summed E-state index contributed by atoms with van der Waals surface area (Å²) >= 11 is 10.7. The number of nitrogens with zero attached hydrogens (tertiary/aromatic N) is 3. The molecule has 1 atom stereocenters. The molecule has 0 spiro atoms. The van der Waals surface area contributed by atoms with Crippen molar-refractivity contribution in [2.45, 2.75) is 13.1 Å². The zero-order valence-corrected chi connectivity index (χ0v) is 11.2. The summed E-state index contributed by atoms with van der Waals surface area (Å²) in [6.07, 6.45) is -0.230. The van der Waals surface area contributed by atoms with E-state index in [-0.39, 0.29) is 11.2 Å². The Morgan fingerprint density at radius 2 is 2.33 bits per heavy atom. The molecular weight excluding hydrogens is 277 g/mol. The van der Waals surface area contributed by atoms with Crippen LogP contribution in [0.3, 0.4) is 0 Å². The van der Waals surface area contributed by atoms with E-state index < -0.39 is 5.82 Å². The van der Waals surface area contributed by atoms with Crippen LogP contribution in [0.2, 0.25) is 5.02 Å². The lowest BCUT2D eigenvalue weighted by atomic mass is 10.3. The average Bonchev–Trinajstić information content (AvgIpc) is 2.71. The highest BCUT2D eigenvalue weighted by Gasteiger charge is 2.25. The van der Waals surface area contributed by atoms with Crippen molar-refractivity contribution in [1.82, 2.24) is 4.90 Å². The summed E-state index contributed by atoms with van der Waals surface area (Å²) in [7, 11) is 0. The summed E-state index contributed by atoms with van der Waals surface area (Å²) in [5.41, 5.74) is 0. The maximum Gasteiger partial charge on any atom is 0.217 e. The zero-order valence-electron chi connectivity index (χ0n) is 9.64. The number of rotatable bonds is 4. The molecule has 0 bridgehead atoms. The van der Waals surface area contributed by atoms with E-state index in [9.17, 15) is 4.39 Å². The van der Waals surface area contributed by atoms with E-state index in [0.29, 0.717) is 24.0 Å². The summed E-state index contributed by atoms with van der Waals surface area (Å²) in [5.74, 6) is 0.0198. The lowest BCUT2D eigenvalue weighted by molar-refractivity contribution is 0.215. The number of hydrogen-bond donors (Lipinski definition) is 0. The molecule has 0 saturated carbocycles. The highest BCUT2D eigenvalue weighted by molar-refractivity contribution is 7.80. The standard InChI is InChI=1S/C11H11ClFN3OS/c1-2-16-10(14-15-11(16)18)6-17-7-3-4-9(13)8(12)5-7/h3-5,10H,2,6H2,1H3. The Hall–Kier alpha value is -1.27. The smallest absolute Gasteiger partial charge is 0.217 e. The molecule has 1 aliphatic rings. The number of thiocarbonyl (C=S) groups is 1. The normalized spacial score (nSPS) is 18.5. The van der Waals surface area contributed by atoms with Crippen molar-refractivity contribution < 1.29 is 9.13 Å². The highest BCUT2D eigenvalue weighted by atomic mass is 35.5. The van der Waals surface area contributed by atoms with Gasteiger partial charge in [0.1, 0.15) is 18.2 Å². The lowest BCUT2D eigenvalue weighted by Gasteiger charge is -2.21. The lowest BCUT2D eigenvalue weighted by Crippen LogP contribution is -2.36. The Balaban J connectivity index is 1.97. The largest absolute Gasteiger partial charge is 0.489 e. The molecule has 0 aromatic heterocycles. The van der Waals surface area contributed by atoms with Crippen molar-refractivity contribution in [3.8, 4) is 5.75 Å². The Bertz CT molecular complexity index is 497. The van der Waals surface area contributed by atoms with Gasteiger partial charge in [-0.1, -0.05) is 11.6 Å². The van der Waals surface area contributed by atoms with Crippen LogP contribution in [-0.2, 0) is 0 Å². The van der Waals surface area contributed by atoms with Crippen molar-refractivity contribution >= 4 is 28.9 Å². The molecule has 1 heterocycles. The van der Waals surface area contributed by atoms with Crippen LogP contribution >= 0.6 is 23.8 Å². The SMILES string of the molecule is CCN1C(=S)N=NC1COc1ccc(F)c(Cl)c1. The second-order valence-electron chi connectivity index (χ2n) is 3.65. The maximum absolute atomic E-state index is 13.0. The predicted molar refractivity (Wildman–Crippen MR) is 70.5 cm³/mol. The fraction of sp³-hybridized carbons (Fsp3) is 0.364. The molecule has 0 amide bonds. The van der Waals surface area contributed by atoms with Gasteiger partial charge in [-0.25, -0.2) is 4.39 Å². The molecule has 0 fully saturated rings. The molecule has 4 nitrogen and oxygen atoms in total. The van der Waals surface area contributed by atoms with Crippen LogP contribution in [-0.4, -0.2) is 29.3 Å². The molecule has 18 heavy (non-hydrogen) atoms. The number of ether oxygens (including phenoxy) is 1. The molecular formula is C11H11ClFN3OS. The van der Waals surface area contributed by atoms with Crippen LogP contribution in [0.15, 0.2) is 28.4 Å². The van der Waals surface area contributed by atoms with Gasteiger partial charge in [-0.05, 0) is 31.3 Å². The van der Waals surface area contributed by atoms with Gasteiger partial charge in [-0.2, -0.15) is 5.11 Å². The van der Waals surface area contributed by atoms with Crippen LogP contribution in [0.4, 0.5) is 4.39 Å². The molecule has 1 aromatic rings. The van der Waals surface area contributed by atoms with Gasteiger partial charge in [0.25, 0.3) is 0 Å². The fourth-order valence-electron chi connectivity index (χ4n) is 1.57. The molecule has 0 saturated heterocycles. The van der Waals surface area contributed by atoms with E-state index in [0.717, 1.165) is 0 Å². The van der Waals surface area contributed by atoms with E-state index in [4.69, 9.17) is 28.6 Å². The maximum atomic E-state index is 13.0. The minimum Gasteiger partial charge on any atom is -0.489 e. The Kier molecular flexibility index (Phi) is 4.08. The molecule has 7 heteroatoms. The molecule has 0 radical (unpaired) electrons. The second-order valence-corrected chi connectivity index (χ2v) is 4.42. The fourth-order valence-corrected chi connectivity index (χ4v) is 2.04. The number of likely N-dealkylation sites (N-methyl/N-ethyl adjacent to an activating group) is 1. The molecule has 96 valence electrons. The molecule has 0 N–H and O–H groups in total. The Labute approximate surface area is 114 Å². The van der Waals surface area contributed by atoms with Crippen molar-refractivity contribution in [2.75, 3.05) is 13.2 Å². The minimum atomic E-state index is -0.471. The van der Waals surface area contributed by atoms with E-state index in [1.54, 1.807) is 0 Å². The topological polar surface area (TPSA) is 37.2 Å². The van der Waals surface area contributed by atoms with Crippen LogP contribution < -0.4 is 4.74 Å². The third-order valence-corrected chi connectivity index (χ3v) is 3.12. The van der Waals surface area contributed by atoms with Gasteiger partial charge in [-0.3, -0.25) is 0 Å². The average molecular weight is 288 g/mol. The number of azo groups is 1.